The summed E-state index contributed by atoms with van der Waals surface area (Å²) in [4.78, 5) is 15.4. The second-order valence-corrected chi connectivity index (χ2v) is 9.33. The molecule has 0 saturated carbocycles. The Morgan fingerprint density at radius 1 is 1.20 bits per heavy atom. The maximum Gasteiger partial charge on any atom is 0.407 e. The Kier molecular flexibility index (Phi) is 5.10. The van der Waals surface area contributed by atoms with E-state index >= 15 is 0 Å². The van der Waals surface area contributed by atoms with E-state index in [-0.39, 0.29) is 23.7 Å². The van der Waals surface area contributed by atoms with Crippen molar-refractivity contribution in [3.63, 3.8) is 0 Å². The van der Waals surface area contributed by atoms with Gasteiger partial charge in [-0.1, -0.05) is 32.0 Å². The average Bonchev–Trinajstić information content (AvgIpc) is 3.41. The number of benzene rings is 1. The van der Waals surface area contributed by atoms with Gasteiger partial charge < -0.3 is 14.5 Å². The lowest BCUT2D eigenvalue weighted by atomic mass is 9.76. The highest BCUT2D eigenvalue weighted by Crippen LogP contribution is 2.51. The van der Waals surface area contributed by atoms with E-state index in [9.17, 15) is 4.79 Å². The highest BCUT2D eigenvalue weighted by molar-refractivity contribution is 5.70. The monoisotopic (exact) mass is 408 g/mol. The van der Waals surface area contributed by atoms with Crippen molar-refractivity contribution in [2.45, 2.75) is 58.1 Å². The van der Waals surface area contributed by atoms with Gasteiger partial charge in [0.1, 0.15) is 6.10 Å². The fraction of sp³-hybridized carbons (Fsp3) is 0.560. The number of hydrogen-bond donors (Lipinski definition) is 1. The molecule has 2 atom stereocenters. The first-order chi connectivity index (χ1) is 14.6. The summed E-state index contributed by atoms with van der Waals surface area (Å²) in [6.07, 6.45) is 8.58. The highest BCUT2D eigenvalue weighted by Gasteiger charge is 2.45. The van der Waals surface area contributed by atoms with Gasteiger partial charge in [0, 0.05) is 12.1 Å². The highest BCUT2D eigenvalue weighted by atomic mass is 16.6. The maximum absolute atomic E-state index is 13.0. The van der Waals surface area contributed by atoms with Gasteiger partial charge in [-0.15, -0.1) is 0 Å². The minimum atomic E-state index is -0.253. The molecule has 2 aromatic rings. The number of nitrogens with one attached hydrogen (secondary N) is 1. The van der Waals surface area contributed by atoms with Gasteiger partial charge in [-0.05, 0) is 79.3 Å². The molecule has 1 aromatic carbocycles. The van der Waals surface area contributed by atoms with Crippen LogP contribution in [0.5, 0.6) is 0 Å². The third-order valence-corrected chi connectivity index (χ3v) is 7.99. The first-order valence-electron chi connectivity index (χ1n) is 11.5. The lowest BCUT2D eigenvalue weighted by Crippen LogP contribution is -2.53. The number of carbonyl (C=O) groups excluding carboxylic acids is 1. The number of furan rings is 1. The Balaban J connectivity index is 1.37. The Labute approximate surface area is 178 Å². The van der Waals surface area contributed by atoms with E-state index in [1.54, 1.807) is 12.5 Å². The predicted molar refractivity (Wildman–Crippen MR) is 116 cm³/mol. The summed E-state index contributed by atoms with van der Waals surface area (Å²) < 4.78 is 11.2. The standard InChI is InChI=1S/C25H32N2O3/c1-3-25(4-2)14-20-13-18(19-9-12-29-16-19)5-6-21(20)23(25)26-24(28)30-22-15-27-10-7-17(22)8-11-27/h5-6,9,12-13,16-17,22-23H,3-4,7-8,10-11,14-15H2,1-2H3,(H,26,28)/t22-,23?/m0/s1. The molecule has 0 radical (unpaired) electrons. The van der Waals surface area contributed by atoms with Gasteiger partial charge in [-0.25, -0.2) is 4.79 Å². The van der Waals surface area contributed by atoms with Gasteiger partial charge in [0.2, 0.25) is 0 Å². The van der Waals surface area contributed by atoms with Crippen LogP contribution in [0.1, 0.15) is 56.7 Å². The van der Waals surface area contributed by atoms with Crippen LogP contribution in [0.25, 0.3) is 11.1 Å². The van der Waals surface area contributed by atoms with E-state index in [2.05, 4.69) is 42.3 Å². The lowest BCUT2D eigenvalue weighted by Gasteiger charge is -2.44. The zero-order chi connectivity index (χ0) is 20.7. The van der Waals surface area contributed by atoms with E-state index in [4.69, 9.17) is 9.15 Å². The number of ether oxygens (including phenoxy) is 1. The molecule has 1 aliphatic carbocycles. The van der Waals surface area contributed by atoms with Gasteiger partial charge >= 0.3 is 6.09 Å². The second kappa shape index (κ2) is 7.77. The van der Waals surface area contributed by atoms with Crippen LogP contribution in [0.3, 0.4) is 0 Å². The molecule has 2 bridgehead atoms. The van der Waals surface area contributed by atoms with Crippen molar-refractivity contribution in [1.82, 2.24) is 10.2 Å². The van der Waals surface area contributed by atoms with Crippen molar-refractivity contribution >= 4 is 6.09 Å². The molecular weight excluding hydrogens is 376 g/mol. The van der Waals surface area contributed by atoms with Gasteiger partial charge in [0.05, 0.1) is 18.6 Å². The van der Waals surface area contributed by atoms with E-state index < -0.39 is 0 Å². The molecule has 1 unspecified atom stereocenters. The first-order valence-corrected chi connectivity index (χ1v) is 11.5. The molecule has 5 nitrogen and oxygen atoms in total. The number of fused-ring (bicyclic) bond motifs is 4. The summed E-state index contributed by atoms with van der Waals surface area (Å²) >= 11 is 0. The molecule has 160 valence electrons. The number of carbonyl (C=O) groups is 1. The van der Waals surface area contributed by atoms with Crippen molar-refractivity contribution in [2.24, 2.45) is 11.3 Å². The molecule has 1 N–H and O–H groups in total. The summed E-state index contributed by atoms with van der Waals surface area (Å²) in [6.45, 7) is 7.66. The number of alkyl carbamates (subject to hydrolysis) is 1. The molecule has 5 heteroatoms. The van der Waals surface area contributed by atoms with Crippen LogP contribution in [0.4, 0.5) is 4.79 Å². The molecule has 1 amide bonds. The van der Waals surface area contributed by atoms with Crippen LogP contribution in [0, 0.1) is 11.3 Å². The molecule has 3 fully saturated rings. The molecule has 4 aliphatic rings. The van der Waals surface area contributed by atoms with Crippen LogP contribution in [0.15, 0.2) is 41.2 Å². The van der Waals surface area contributed by atoms with Gasteiger partial charge in [-0.3, -0.25) is 4.90 Å². The first kappa shape index (κ1) is 19.7. The molecular formula is C25H32N2O3. The average molecular weight is 409 g/mol. The van der Waals surface area contributed by atoms with Crippen LogP contribution >= 0.6 is 0 Å². The summed E-state index contributed by atoms with van der Waals surface area (Å²) in [5, 5.41) is 3.29. The van der Waals surface area contributed by atoms with Crippen molar-refractivity contribution in [3.05, 3.63) is 47.9 Å². The van der Waals surface area contributed by atoms with Gasteiger partial charge in [-0.2, -0.15) is 0 Å². The number of nitrogens with zero attached hydrogens (tertiary/aromatic N) is 1. The third-order valence-electron chi connectivity index (χ3n) is 7.99. The van der Waals surface area contributed by atoms with E-state index in [0.29, 0.717) is 5.92 Å². The van der Waals surface area contributed by atoms with Crippen LogP contribution in [-0.4, -0.2) is 36.7 Å². The lowest BCUT2D eigenvalue weighted by molar-refractivity contribution is -0.0353. The molecule has 3 aliphatic heterocycles. The topological polar surface area (TPSA) is 54.7 Å². The minimum absolute atomic E-state index is 0.00511. The Hall–Kier alpha value is -2.27. The van der Waals surface area contributed by atoms with Gasteiger partial charge in [0.15, 0.2) is 0 Å². The predicted octanol–water partition coefficient (Wildman–Crippen LogP) is 5.17. The van der Waals surface area contributed by atoms with Crippen LogP contribution in [0.2, 0.25) is 0 Å². The molecule has 3 saturated heterocycles. The van der Waals surface area contributed by atoms with E-state index in [1.165, 1.54) is 16.7 Å². The normalized spacial score (nSPS) is 28.9. The number of hydrogen-bond acceptors (Lipinski definition) is 4. The van der Waals surface area contributed by atoms with E-state index in [1.807, 2.05) is 6.07 Å². The molecule has 4 heterocycles. The molecule has 30 heavy (non-hydrogen) atoms. The molecule has 6 rings (SSSR count). The summed E-state index contributed by atoms with van der Waals surface area (Å²) in [7, 11) is 0. The molecule has 0 spiro atoms. The van der Waals surface area contributed by atoms with Crippen LogP contribution in [-0.2, 0) is 11.2 Å². The number of amides is 1. The fourth-order valence-corrected chi connectivity index (χ4v) is 5.93. The Bertz CT molecular complexity index is 895. The number of piperidine rings is 3. The summed E-state index contributed by atoms with van der Waals surface area (Å²) in [5.41, 5.74) is 4.85. The maximum atomic E-state index is 13.0. The van der Waals surface area contributed by atoms with Crippen molar-refractivity contribution < 1.29 is 13.9 Å². The smallest absolute Gasteiger partial charge is 0.407 e. The number of rotatable bonds is 5. The van der Waals surface area contributed by atoms with Crippen molar-refractivity contribution in [3.8, 4) is 11.1 Å². The largest absolute Gasteiger partial charge is 0.472 e. The fourth-order valence-electron chi connectivity index (χ4n) is 5.93. The zero-order valence-electron chi connectivity index (χ0n) is 18.0. The zero-order valence-corrected chi connectivity index (χ0v) is 18.0. The quantitative estimate of drug-likeness (QED) is 0.741. The summed E-state index contributed by atoms with van der Waals surface area (Å²) in [5.74, 6) is 0.524. The minimum Gasteiger partial charge on any atom is -0.472 e. The Morgan fingerprint density at radius 3 is 2.63 bits per heavy atom. The van der Waals surface area contributed by atoms with Crippen LogP contribution < -0.4 is 5.32 Å². The second-order valence-electron chi connectivity index (χ2n) is 9.33. The van der Waals surface area contributed by atoms with Gasteiger partial charge in [0.25, 0.3) is 0 Å². The molecule has 1 aromatic heterocycles. The third kappa shape index (κ3) is 3.33. The summed E-state index contributed by atoms with van der Waals surface area (Å²) in [6, 6.07) is 8.57. The Morgan fingerprint density at radius 2 is 2.00 bits per heavy atom. The van der Waals surface area contributed by atoms with Crippen molar-refractivity contribution in [1.29, 1.82) is 0 Å². The van der Waals surface area contributed by atoms with E-state index in [0.717, 1.165) is 57.3 Å². The SMILES string of the molecule is CCC1(CC)Cc2cc(-c3ccoc3)ccc2C1NC(=O)O[C@H]1CN2CCC1CC2. The van der Waals surface area contributed by atoms with Crippen molar-refractivity contribution in [2.75, 3.05) is 19.6 Å².